The summed E-state index contributed by atoms with van der Waals surface area (Å²) in [6.45, 7) is 1.89. The molecule has 0 aliphatic heterocycles. The number of rotatable bonds is 8. The third-order valence-electron chi connectivity index (χ3n) is 2.22. The monoisotopic (exact) mass is 253 g/mol. The zero-order chi connectivity index (χ0) is 13.2. The van der Waals surface area contributed by atoms with Gasteiger partial charge in [0.05, 0.1) is 12.2 Å². The number of esters is 1. The summed E-state index contributed by atoms with van der Waals surface area (Å²) in [6, 6.07) is 6.68. The summed E-state index contributed by atoms with van der Waals surface area (Å²) < 4.78 is 15.2. The van der Waals surface area contributed by atoms with Crippen LogP contribution in [-0.4, -0.2) is 39.5 Å². The maximum atomic E-state index is 11.6. The Morgan fingerprint density at radius 3 is 2.78 bits per heavy atom. The lowest BCUT2D eigenvalue weighted by atomic mass is 10.2. The molecule has 0 radical (unpaired) electrons. The lowest BCUT2D eigenvalue weighted by molar-refractivity contribution is 0.0288. The number of ether oxygens (including phenoxy) is 3. The molecule has 0 aromatic heterocycles. The molecule has 18 heavy (non-hydrogen) atoms. The van der Waals surface area contributed by atoms with E-state index in [0.29, 0.717) is 31.1 Å². The van der Waals surface area contributed by atoms with Crippen LogP contribution in [0.2, 0.25) is 0 Å². The molecular weight excluding hydrogens is 234 g/mol. The number of carbonyl (C=O) groups excluding carboxylic acids is 1. The minimum absolute atomic E-state index is 0.237. The van der Waals surface area contributed by atoms with Gasteiger partial charge in [0.15, 0.2) is 0 Å². The van der Waals surface area contributed by atoms with E-state index in [1.54, 1.807) is 31.4 Å². The second kappa shape index (κ2) is 8.49. The Balaban J connectivity index is 2.14. The largest absolute Gasteiger partial charge is 0.460 e. The molecule has 1 aromatic rings. The fraction of sp³-hybridized carbons (Fsp3) is 0.462. The van der Waals surface area contributed by atoms with Crippen molar-refractivity contribution in [3.8, 4) is 0 Å². The van der Waals surface area contributed by atoms with Crippen molar-refractivity contribution < 1.29 is 19.0 Å². The average Bonchev–Trinajstić information content (AvgIpc) is 2.37. The summed E-state index contributed by atoms with van der Waals surface area (Å²) in [5, 5.41) is 0. The first-order chi connectivity index (χ1) is 8.74. The van der Waals surface area contributed by atoms with Crippen molar-refractivity contribution in [1.82, 2.24) is 0 Å². The summed E-state index contributed by atoms with van der Waals surface area (Å²) in [5.74, 6) is -0.386. The van der Waals surface area contributed by atoms with Gasteiger partial charge in [-0.05, 0) is 24.6 Å². The second-order valence-corrected chi connectivity index (χ2v) is 3.72. The van der Waals surface area contributed by atoms with E-state index in [1.165, 1.54) is 0 Å². The normalized spacial score (nSPS) is 10.3. The lowest BCUT2D eigenvalue weighted by Gasteiger charge is -2.06. The predicted octanol–water partition coefficient (Wildman–Crippen LogP) is 1.48. The predicted molar refractivity (Wildman–Crippen MR) is 68.4 cm³/mol. The highest BCUT2D eigenvalue weighted by molar-refractivity contribution is 5.90. The van der Waals surface area contributed by atoms with Crippen molar-refractivity contribution in [1.29, 1.82) is 0 Å². The molecule has 0 saturated heterocycles. The van der Waals surface area contributed by atoms with Crippen LogP contribution in [0.5, 0.6) is 0 Å². The van der Waals surface area contributed by atoms with E-state index in [1.807, 2.05) is 0 Å². The molecule has 0 unspecified atom stereocenters. The molecule has 1 aromatic carbocycles. The van der Waals surface area contributed by atoms with E-state index in [9.17, 15) is 4.79 Å². The van der Waals surface area contributed by atoms with E-state index in [2.05, 4.69) is 0 Å². The van der Waals surface area contributed by atoms with Crippen LogP contribution in [0.3, 0.4) is 0 Å². The Hall–Kier alpha value is -1.59. The Kier molecular flexibility index (Phi) is 6.83. The van der Waals surface area contributed by atoms with Crippen LogP contribution < -0.4 is 5.73 Å². The molecular formula is C13H19NO4. The number of methoxy groups -OCH3 is 1. The fourth-order valence-corrected chi connectivity index (χ4v) is 1.35. The van der Waals surface area contributed by atoms with Crippen molar-refractivity contribution in [2.24, 2.45) is 0 Å². The smallest absolute Gasteiger partial charge is 0.338 e. The van der Waals surface area contributed by atoms with Gasteiger partial charge in [-0.3, -0.25) is 0 Å². The molecule has 0 bridgehead atoms. The number of nitrogens with two attached hydrogens (primary N) is 1. The fourth-order valence-electron chi connectivity index (χ4n) is 1.35. The van der Waals surface area contributed by atoms with E-state index in [-0.39, 0.29) is 12.6 Å². The van der Waals surface area contributed by atoms with Crippen molar-refractivity contribution in [3.05, 3.63) is 29.8 Å². The molecule has 0 aliphatic rings. The van der Waals surface area contributed by atoms with Gasteiger partial charge in [-0.1, -0.05) is 6.07 Å². The molecule has 5 heteroatoms. The number of hydrogen-bond donors (Lipinski definition) is 1. The van der Waals surface area contributed by atoms with Crippen LogP contribution in [-0.2, 0) is 14.2 Å². The Morgan fingerprint density at radius 2 is 2.06 bits per heavy atom. The van der Waals surface area contributed by atoms with Gasteiger partial charge >= 0.3 is 5.97 Å². The first-order valence-corrected chi connectivity index (χ1v) is 5.83. The minimum atomic E-state index is -0.386. The molecule has 0 heterocycles. The Morgan fingerprint density at radius 1 is 1.22 bits per heavy atom. The maximum absolute atomic E-state index is 11.6. The van der Waals surface area contributed by atoms with Crippen LogP contribution in [0.4, 0.5) is 5.69 Å². The summed E-state index contributed by atoms with van der Waals surface area (Å²) in [4.78, 5) is 11.6. The Bertz CT molecular complexity index is 368. The van der Waals surface area contributed by atoms with Crippen molar-refractivity contribution in [2.75, 3.05) is 39.3 Å². The molecule has 0 spiro atoms. The van der Waals surface area contributed by atoms with Gasteiger partial charge in [0.1, 0.15) is 6.61 Å². The standard InChI is InChI=1S/C13H19NO4/c1-16-6-3-7-17-8-9-18-13(15)11-4-2-5-12(14)10-11/h2,4-5,10H,3,6-9,14H2,1H3. The summed E-state index contributed by atoms with van der Waals surface area (Å²) in [6.07, 6.45) is 0.833. The maximum Gasteiger partial charge on any atom is 0.338 e. The van der Waals surface area contributed by atoms with E-state index in [4.69, 9.17) is 19.9 Å². The summed E-state index contributed by atoms with van der Waals surface area (Å²) in [5.41, 5.74) is 6.57. The SMILES string of the molecule is COCCCOCCOC(=O)c1cccc(N)c1. The number of benzene rings is 1. The first-order valence-electron chi connectivity index (χ1n) is 5.83. The van der Waals surface area contributed by atoms with Gasteiger partial charge in [-0.2, -0.15) is 0 Å². The van der Waals surface area contributed by atoms with Crippen LogP contribution in [0, 0.1) is 0 Å². The molecule has 2 N–H and O–H groups in total. The van der Waals surface area contributed by atoms with Crippen LogP contribution in [0.1, 0.15) is 16.8 Å². The second-order valence-electron chi connectivity index (χ2n) is 3.72. The topological polar surface area (TPSA) is 70.8 Å². The molecule has 0 fully saturated rings. The highest BCUT2D eigenvalue weighted by atomic mass is 16.6. The highest BCUT2D eigenvalue weighted by Gasteiger charge is 2.06. The zero-order valence-electron chi connectivity index (χ0n) is 10.6. The highest BCUT2D eigenvalue weighted by Crippen LogP contribution is 2.07. The van der Waals surface area contributed by atoms with Gasteiger partial charge in [0.2, 0.25) is 0 Å². The molecule has 100 valence electrons. The van der Waals surface area contributed by atoms with Gasteiger partial charge in [0.25, 0.3) is 0 Å². The van der Waals surface area contributed by atoms with Crippen LogP contribution >= 0.6 is 0 Å². The van der Waals surface area contributed by atoms with Crippen LogP contribution in [0.15, 0.2) is 24.3 Å². The molecule has 5 nitrogen and oxygen atoms in total. The molecule has 0 amide bonds. The molecule has 0 atom stereocenters. The summed E-state index contributed by atoms with van der Waals surface area (Å²) >= 11 is 0. The third kappa shape index (κ3) is 5.65. The van der Waals surface area contributed by atoms with Gasteiger partial charge in [0, 0.05) is 26.0 Å². The van der Waals surface area contributed by atoms with Crippen molar-refractivity contribution >= 4 is 11.7 Å². The minimum Gasteiger partial charge on any atom is -0.460 e. The number of nitrogen functional groups attached to an aromatic ring is 1. The lowest BCUT2D eigenvalue weighted by Crippen LogP contribution is -2.12. The summed E-state index contributed by atoms with van der Waals surface area (Å²) in [7, 11) is 1.65. The van der Waals surface area contributed by atoms with Crippen LogP contribution in [0.25, 0.3) is 0 Å². The van der Waals surface area contributed by atoms with Gasteiger partial charge in [-0.25, -0.2) is 4.79 Å². The van der Waals surface area contributed by atoms with Crippen molar-refractivity contribution in [2.45, 2.75) is 6.42 Å². The van der Waals surface area contributed by atoms with Crippen molar-refractivity contribution in [3.63, 3.8) is 0 Å². The number of carbonyl (C=O) groups is 1. The first kappa shape index (κ1) is 14.5. The van der Waals surface area contributed by atoms with Gasteiger partial charge < -0.3 is 19.9 Å². The molecule has 1 rings (SSSR count). The van der Waals surface area contributed by atoms with E-state index >= 15 is 0 Å². The molecule has 0 saturated carbocycles. The average molecular weight is 253 g/mol. The number of anilines is 1. The van der Waals surface area contributed by atoms with E-state index < -0.39 is 0 Å². The van der Waals surface area contributed by atoms with E-state index in [0.717, 1.165) is 6.42 Å². The van der Waals surface area contributed by atoms with Gasteiger partial charge in [-0.15, -0.1) is 0 Å². The quantitative estimate of drug-likeness (QED) is 0.431. The zero-order valence-corrected chi connectivity index (χ0v) is 10.6. The molecule has 0 aliphatic carbocycles. The Labute approximate surface area is 107 Å². The number of hydrogen-bond acceptors (Lipinski definition) is 5. The third-order valence-corrected chi connectivity index (χ3v) is 2.22.